The van der Waals surface area contributed by atoms with Crippen molar-refractivity contribution in [2.45, 2.75) is 78.2 Å². The monoisotopic (exact) mass is 372 g/mol. The summed E-state index contributed by atoms with van der Waals surface area (Å²) in [6, 6.07) is 10.8. The van der Waals surface area contributed by atoms with Crippen molar-refractivity contribution in [3.63, 3.8) is 0 Å². The van der Waals surface area contributed by atoms with Gasteiger partial charge in [-0.15, -0.1) is 11.3 Å². The van der Waals surface area contributed by atoms with Crippen LogP contribution in [0, 0.1) is 0 Å². The van der Waals surface area contributed by atoms with E-state index in [-0.39, 0.29) is 0 Å². The minimum atomic E-state index is 1.06. The Bertz CT molecular complexity index is 573. The lowest BCUT2D eigenvalue weighted by molar-refractivity contribution is 0.219. The molecule has 2 heterocycles. The fraction of sp³-hybridized carbons (Fsp3) is 0.609. The van der Waals surface area contributed by atoms with Gasteiger partial charge in [-0.1, -0.05) is 63.4 Å². The molecule has 0 spiro atoms. The number of aryl methyl sites for hydroxylation is 2. The standard InChI is InChI=1S/C21H30N2S.C2H6/c1(5-11-19-12-6-3-7-13-19)2-8-14-21-22-20(18-24-21)17-23-15-9-4-10-16-23;1-2/h3,6-7,12-13,18H,1-2,4-5,8-11,14-17H2;1-2H3. The fourth-order valence-electron chi connectivity index (χ4n) is 3.49. The van der Waals surface area contributed by atoms with E-state index in [0.717, 1.165) is 13.0 Å². The Morgan fingerprint density at radius 1 is 0.885 bits per heavy atom. The van der Waals surface area contributed by atoms with Crippen LogP contribution >= 0.6 is 11.3 Å². The molecule has 0 saturated carbocycles. The third-order valence-corrected chi connectivity index (χ3v) is 5.84. The summed E-state index contributed by atoms with van der Waals surface area (Å²) in [5.41, 5.74) is 2.76. The average molecular weight is 373 g/mol. The third-order valence-electron chi connectivity index (χ3n) is 4.88. The van der Waals surface area contributed by atoms with Crippen LogP contribution in [-0.2, 0) is 19.4 Å². The number of hydrogen-bond acceptors (Lipinski definition) is 3. The van der Waals surface area contributed by atoms with Crippen LogP contribution in [-0.4, -0.2) is 23.0 Å². The SMILES string of the molecule is CC.c1ccc(CCCCCCc2nc(CN3CCCCC3)cs2)cc1. The zero-order valence-electron chi connectivity index (χ0n) is 16.8. The van der Waals surface area contributed by atoms with Crippen LogP contribution < -0.4 is 0 Å². The minimum absolute atomic E-state index is 1.06. The molecule has 144 valence electrons. The fourth-order valence-corrected chi connectivity index (χ4v) is 4.32. The topological polar surface area (TPSA) is 16.1 Å². The molecule has 1 aromatic carbocycles. The highest BCUT2D eigenvalue weighted by Gasteiger charge is 2.12. The highest BCUT2D eigenvalue weighted by molar-refractivity contribution is 7.09. The molecule has 0 aliphatic carbocycles. The number of hydrogen-bond donors (Lipinski definition) is 0. The van der Waals surface area contributed by atoms with Crippen LogP contribution in [0.4, 0.5) is 0 Å². The summed E-state index contributed by atoms with van der Waals surface area (Å²) in [6.45, 7) is 7.58. The van der Waals surface area contributed by atoms with Gasteiger partial charge in [0, 0.05) is 11.9 Å². The molecule has 2 aromatic rings. The maximum absolute atomic E-state index is 4.85. The first-order chi connectivity index (χ1) is 12.9. The van der Waals surface area contributed by atoms with E-state index in [1.807, 2.05) is 25.2 Å². The largest absolute Gasteiger partial charge is 0.297 e. The zero-order chi connectivity index (χ0) is 18.5. The van der Waals surface area contributed by atoms with Crippen molar-refractivity contribution < 1.29 is 0 Å². The quantitative estimate of drug-likeness (QED) is 0.467. The van der Waals surface area contributed by atoms with E-state index in [4.69, 9.17) is 4.98 Å². The van der Waals surface area contributed by atoms with Gasteiger partial charge in [0.1, 0.15) is 0 Å². The lowest BCUT2D eigenvalue weighted by atomic mass is 10.1. The molecule has 3 heteroatoms. The van der Waals surface area contributed by atoms with Crippen molar-refractivity contribution in [3.8, 4) is 0 Å². The highest BCUT2D eigenvalue weighted by atomic mass is 32.1. The Morgan fingerprint density at radius 2 is 1.58 bits per heavy atom. The molecule has 0 amide bonds. The molecule has 1 saturated heterocycles. The third kappa shape index (κ3) is 8.01. The second kappa shape index (κ2) is 13.1. The van der Waals surface area contributed by atoms with Crippen LogP contribution in [0.25, 0.3) is 0 Å². The molecule has 0 atom stereocenters. The molecule has 26 heavy (non-hydrogen) atoms. The molecule has 3 rings (SSSR count). The summed E-state index contributed by atoms with van der Waals surface area (Å²) >= 11 is 1.86. The van der Waals surface area contributed by atoms with Crippen LogP contribution in [0.3, 0.4) is 0 Å². The molecule has 1 fully saturated rings. The van der Waals surface area contributed by atoms with Crippen molar-refractivity contribution >= 4 is 11.3 Å². The van der Waals surface area contributed by atoms with Crippen molar-refractivity contribution in [2.24, 2.45) is 0 Å². The van der Waals surface area contributed by atoms with E-state index < -0.39 is 0 Å². The number of rotatable bonds is 9. The average Bonchev–Trinajstić information content (AvgIpc) is 3.15. The van der Waals surface area contributed by atoms with Crippen LogP contribution in [0.2, 0.25) is 0 Å². The van der Waals surface area contributed by atoms with Gasteiger partial charge in [0.25, 0.3) is 0 Å². The van der Waals surface area contributed by atoms with Gasteiger partial charge in [-0.25, -0.2) is 4.98 Å². The summed E-state index contributed by atoms with van der Waals surface area (Å²) in [7, 11) is 0. The maximum atomic E-state index is 4.85. The second-order valence-corrected chi connectivity index (χ2v) is 7.91. The first-order valence-corrected chi connectivity index (χ1v) is 11.5. The second-order valence-electron chi connectivity index (χ2n) is 6.97. The van der Waals surface area contributed by atoms with Crippen LogP contribution in [0.5, 0.6) is 0 Å². The zero-order valence-corrected chi connectivity index (χ0v) is 17.6. The summed E-state index contributed by atoms with van der Waals surface area (Å²) in [6.07, 6.45) is 11.8. The number of likely N-dealkylation sites (tertiary alicyclic amines) is 1. The molecule has 0 N–H and O–H groups in total. The van der Waals surface area contributed by atoms with Crippen molar-refractivity contribution in [1.82, 2.24) is 9.88 Å². The highest BCUT2D eigenvalue weighted by Crippen LogP contribution is 2.17. The van der Waals surface area contributed by atoms with Gasteiger partial charge in [-0.3, -0.25) is 4.90 Å². The number of unbranched alkanes of at least 4 members (excludes halogenated alkanes) is 3. The van der Waals surface area contributed by atoms with Crippen molar-refractivity contribution in [2.75, 3.05) is 13.1 Å². The van der Waals surface area contributed by atoms with Gasteiger partial charge < -0.3 is 0 Å². The van der Waals surface area contributed by atoms with E-state index >= 15 is 0 Å². The van der Waals surface area contributed by atoms with E-state index in [0.29, 0.717) is 0 Å². The molecule has 0 bridgehead atoms. The minimum Gasteiger partial charge on any atom is -0.297 e. The normalized spacial score (nSPS) is 14.7. The van der Waals surface area contributed by atoms with Crippen molar-refractivity contribution in [1.29, 1.82) is 0 Å². The summed E-state index contributed by atoms with van der Waals surface area (Å²) < 4.78 is 0. The maximum Gasteiger partial charge on any atom is 0.0928 e. The van der Waals surface area contributed by atoms with Gasteiger partial charge in [0.05, 0.1) is 10.7 Å². The Balaban J connectivity index is 0.00000117. The molecule has 1 aromatic heterocycles. The van der Waals surface area contributed by atoms with Crippen LogP contribution in [0.15, 0.2) is 35.7 Å². The van der Waals surface area contributed by atoms with E-state index in [1.54, 1.807) is 0 Å². The predicted octanol–water partition coefficient (Wildman–Crippen LogP) is 6.50. The summed E-state index contributed by atoms with van der Waals surface area (Å²) in [4.78, 5) is 7.41. The van der Waals surface area contributed by atoms with Gasteiger partial charge in [0.2, 0.25) is 0 Å². The van der Waals surface area contributed by atoms with Gasteiger partial charge >= 0.3 is 0 Å². The number of benzene rings is 1. The van der Waals surface area contributed by atoms with E-state index in [9.17, 15) is 0 Å². The van der Waals surface area contributed by atoms with Crippen molar-refractivity contribution in [3.05, 3.63) is 52.0 Å². The molecular weight excluding hydrogens is 336 g/mol. The lowest BCUT2D eigenvalue weighted by Gasteiger charge is -2.25. The Hall–Kier alpha value is -1.19. The Labute approximate surface area is 164 Å². The van der Waals surface area contributed by atoms with Gasteiger partial charge in [0.15, 0.2) is 0 Å². The smallest absolute Gasteiger partial charge is 0.0928 e. The molecule has 0 radical (unpaired) electrons. The Morgan fingerprint density at radius 3 is 2.31 bits per heavy atom. The summed E-state index contributed by atoms with van der Waals surface area (Å²) in [5, 5.41) is 3.62. The summed E-state index contributed by atoms with van der Waals surface area (Å²) in [5.74, 6) is 0. The lowest BCUT2D eigenvalue weighted by Crippen LogP contribution is -2.29. The number of aromatic nitrogens is 1. The van der Waals surface area contributed by atoms with E-state index in [1.165, 1.54) is 80.7 Å². The predicted molar refractivity (Wildman–Crippen MR) is 115 cm³/mol. The molecule has 1 aliphatic heterocycles. The van der Waals surface area contributed by atoms with E-state index in [2.05, 4.69) is 40.6 Å². The number of thiazole rings is 1. The van der Waals surface area contributed by atoms with Gasteiger partial charge in [-0.2, -0.15) is 0 Å². The Kier molecular flexibility index (Phi) is 10.6. The van der Waals surface area contributed by atoms with Gasteiger partial charge in [-0.05, 0) is 57.2 Å². The van der Waals surface area contributed by atoms with Crippen LogP contribution in [0.1, 0.15) is 75.1 Å². The number of nitrogens with zero attached hydrogens (tertiary/aromatic N) is 2. The first-order valence-electron chi connectivity index (χ1n) is 10.6. The number of piperidine rings is 1. The first kappa shape index (κ1) is 21.1. The molecule has 2 nitrogen and oxygen atoms in total. The molecule has 1 aliphatic rings. The molecule has 0 unspecified atom stereocenters. The molecular formula is C23H36N2S.